The van der Waals surface area contributed by atoms with Gasteiger partial charge in [-0.25, -0.2) is 4.39 Å². The summed E-state index contributed by atoms with van der Waals surface area (Å²) in [6.07, 6.45) is 0. The minimum Gasteiger partial charge on any atom is -0.494 e. The Morgan fingerprint density at radius 1 is 1.21 bits per heavy atom. The summed E-state index contributed by atoms with van der Waals surface area (Å²) in [6, 6.07) is 4.81. The van der Waals surface area contributed by atoms with E-state index in [9.17, 15) is 4.39 Å². The zero-order chi connectivity index (χ0) is 17.9. The number of benzene rings is 1. The molecule has 0 amide bonds. The van der Waals surface area contributed by atoms with E-state index in [1.165, 1.54) is 13.2 Å². The van der Waals surface area contributed by atoms with Crippen LogP contribution in [0, 0.1) is 5.82 Å². The molecule has 0 unspecified atom stereocenters. The molecule has 0 aliphatic heterocycles. The van der Waals surface area contributed by atoms with Crippen molar-refractivity contribution in [2.24, 2.45) is 0 Å². The maximum atomic E-state index is 13.8. The van der Waals surface area contributed by atoms with Gasteiger partial charge >= 0.3 is 0 Å². The summed E-state index contributed by atoms with van der Waals surface area (Å²) in [5.41, 5.74) is 6.60. The van der Waals surface area contributed by atoms with Gasteiger partial charge in [-0.3, -0.25) is 4.90 Å². The van der Waals surface area contributed by atoms with Crippen molar-refractivity contribution in [1.29, 1.82) is 0 Å². The van der Waals surface area contributed by atoms with Gasteiger partial charge in [0.15, 0.2) is 17.4 Å². The first kappa shape index (κ1) is 17.9. The van der Waals surface area contributed by atoms with E-state index in [0.29, 0.717) is 18.3 Å². The van der Waals surface area contributed by atoms with Crippen molar-refractivity contribution >= 4 is 11.9 Å². The molecule has 0 saturated heterocycles. The summed E-state index contributed by atoms with van der Waals surface area (Å²) in [7, 11) is 7.04. The van der Waals surface area contributed by atoms with Crippen LogP contribution in [-0.4, -0.2) is 48.1 Å². The van der Waals surface area contributed by atoms with Crippen LogP contribution in [0.5, 0.6) is 5.75 Å². The molecule has 0 radical (unpaired) electrons. The number of anilines is 2. The highest BCUT2D eigenvalue weighted by Crippen LogP contribution is 2.22. The van der Waals surface area contributed by atoms with E-state index in [-0.39, 0.29) is 23.6 Å². The Morgan fingerprint density at radius 2 is 1.92 bits per heavy atom. The van der Waals surface area contributed by atoms with Crippen LogP contribution in [0.2, 0.25) is 0 Å². The number of nitrogens with zero attached hydrogens (tertiary/aromatic N) is 5. The Labute approximate surface area is 141 Å². The van der Waals surface area contributed by atoms with Crippen LogP contribution < -0.4 is 15.4 Å². The van der Waals surface area contributed by atoms with Crippen LogP contribution in [-0.2, 0) is 6.54 Å². The lowest BCUT2D eigenvalue weighted by molar-refractivity contribution is 0.243. The summed E-state index contributed by atoms with van der Waals surface area (Å²) in [6.45, 7) is 2.50. The highest BCUT2D eigenvalue weighted by molar-refractivity contribution is 5.33. The minimum atomic E-state index is -0.379. The standard InChI is InChI=1S/C16H23FN6O/c1-10(14-19-15(18)21-16(20-14)22(2)3)23(4)9-11-6-7-13(24-5)12(17)8-11/h6-8,10H,9H2,1-5H3,(H2,18,19,20,21)/t10-/m0/s1. The van der Waals surface area contributed by atoms with E-state index in [1.807, 2.05) is 39.0 Å². The van der Waals surface area contributed by atoms with Crippen LogP contribution in [0.4, 0.5) is 16.3 Å². The van der Waals surface area contributed by atoms with E-state index in [2.05, 4.69) is 15.0 Å². The molecule has 2 aromatic rings. The molecule has 0 bridgehead atoms. The molecule has 0 saturated carbocycles. The number of aromatic nitrogens is 3. The third-order valence-electron chi connectivity index (χ3n) is 3.74. The van der Waals surface area contributed by atoms with Crippen LogP contribution >= 0.6 is 0 Å². The molecule has 130 valence electrons. The fraction of sp³-hybridized carbons (Fsp3) is 0.438. The van der Waals surface area contributed by atoms with Crippen molar-refractivity contribution in [3.63, 3.8) is 0 Å². The van der Waals surface area contributed by atoms with Gasteiger partial charge in [-0.15, -0.1) is 0 Å². The second-order valence-corrected chi connectivity index (χ2v) is 5.81. The fourth-order valence-electron chi connectivity index (χ4n) is 2.21. The summed E-state index contributed by atoms with van der Waals surface area (Å²) in [4.78, 5) is 16.5. The quantitative estimate of drug-likeness (QED) is 0.863. The summed E-state index contributed by atoms with van der Waals surface area (Å²) < 4.78 is 18.8. The van der Waals surface area contributed by atoms with Crippen molar-refractivity contribution in [2.45, 2.75) is 19.5 Å². The minimum absolute atomic E-state index is 0.112. The number of nitrogen functional groups attached to an aromatic ring is 1. The lowest BCUT2D eigenvalue weighted by atomic mass is 10.1. The van der Waals surface area contributed by atoms with Gasteiger partial charge in [0.25, 0.3) is 0 Å². The molecule has 1 atom stereocenters. The maximum absolute atomic E-state index is 13.8. The number of hydrogen-bond donors (Lipinski definition) is 1. The Hall–Kier alpha value is -2.48. The molecule has 0 spiro atoms. The molecule has 7 nitrogen and oxygen atoms in total. The van der Waals surface area contributed by atoms with Gasteiger partial charge in [-0.05, 0) is 31.7 Å². The van der Waals surface area contributed by atoms with Crippen LogP contribution in [0.3, 0.4) is 0 Å². The van der Waals surface area contributed by atoms with Crippen LogP contribution in [0.15, 0.2) is 18.2 Å². The van der Waals surface area contributed by atoms with Gasteiger partial charge in [0.1, 0.15) is 0 Å². The van der Waals surface area contributed by atoms with E-state index in [1.54, 1.807) is 11.0 Å². The highest BCUT2D eigenvalue weighted by Gasteiger charge is 2.18. The first-order valence-corrected chi connectivity index (χ1v) is 7.53. The molecular weight excluding hydrogens is 311 g/mol. The number of nitrogens with two attached hydrogens (primary N) is 1. The predicted molar refractivity (Wildman–Crippen MR) is 91.4 cm³/mol. The van der Waals surface area contributed by atoms with E-state index in [0.717, 1.165) is 5.56 Å². The Bertz CT molecular complexity index is 709. The molecule has 0 fully saturated rings. The maximum Gasteiger partial charge on any atom is 0.229 e. The van der Waals surface area contributed by atoms with E-state index in [4.69, 9.17) is 10.5 Å². The Balaban J connectivity index is 2.17. The van der Waals surface area contributed by atoms with Gasteiger partial charge in [0.05, 0.1) is 13.2 Å². The summed E-state index contributed by atoms with van der Waals surface area (Å²) in [5.74, 6) is 1.11. The monoisotopic (exact) mass is 334 g/mol. The second kappa shape index (κ2) is 7.39. The molecule has 1 aromatic carbocycles. The second-order valence-electron chi connectivity index (χ2n) is 5.81. The zero-order valence-corrected chi connectivity index (χ0v) is 14.6. The van der Waals surface area contributed by atoms with Gasteiger partial charge < -0.3 is 15.4 Å². The lowest BCUT2D eigenvalue weighted by Gasteiger charge is -2.24. The van der Waals surface area contributed by atoms with Crippen molar-refractivity contribution < 1.29 is 9.13 Å². The van der Waals surface area contributed by atoms with Crippen molar-refractivity contribution in [1.82, 2.24) is 19.9 Å². The van der Waals surface area contributed by atoms with Gasteiger partial charge in [-0.1, -0.05) is 6.07 Å². The zero-order valence-electron chi connectivity index (χ0n) is 14.6. The normalized spacial score (nSPS) is 12.3. The largest absolute Gasteiger partial charge is 0.494 e. The number of halogens is 1. The molecule has 1 aromatic heterocycles. The first-order valence-electron chi connectivity index (χ1n) is 7.53. The van der Waals surface area contributed by atoms with E-state index < -0.39 is 0 Å². The Morgan fingerprint density at radius 3 is 2.50 bits per heavy atom. The number of methoxy groups -OCH3 is 1. The highest BCUT2D eigenvalue weighted by atomic mass is 19.1. The van der Waals surface area contributed by atoms with Crippen LogP contribution in [0.25, 0.3) is 0 Å². The van der Waals surface area contributed by atoms with E-state index >= 15 is 0 Å². The lowest BCUT2D eigenvalue weighted by Crippen LogP contribution is -2.25. The number of ether oxygens (including phenoxy) is 1. The van der Waals surface area contributed by atoms with Crippen molar-refractivity contribution in [3.05, 3.63) is 35.4 Å². The van der Waals surface area contributed by atoms with Crippen molar-refractivity contribution in [2.75, 3.05) is 38.9 Å². The topological polar surface area (TPSA) is 80.4 Å². The third kappa shape index (κ3) is 4.08. The molecule has 8 heteroatoms. The third-order valence-corrected chi connectivity index (χ3v) is 3.74. The smallest absolute Gasteiger partial charge is 0.229 e. The Kier molecular flexibility index (Phi) is 5.50. The number of rotatable bonds is 6. The SMILES string of the molecule is COc1ccc(CN(C)[C@@H](C)c2nc(N)nc(N(C)C)n2)cc1F. The average molecular weight is 334 g/mol. The molecule has 0 aliphatic carbocycles. The molecule has 0 aliphatic rings. The number of hydrogen-bond acceptors (Lipinski definition) is 7. The van der Waals surface area contributed by atoms with Gasteiger partial charge in [-0.2, -0.15) is 15.0 Å². The molecular formula is C16H23FN6O. The molecule has 24 heavy (non-hydrogen) atoms. The fourth-order valence-corrected chi connectivity index (χ4v) is 2.21. The molecule has 1 heterocycles. The summed E-state index contributed by atoms with van der Waals surface area (Å²) in [5, 5.41) is 0. The van der Waals surface area contributed by atoms with Crippen molar-refractivity contribution in [3.8, 4) is 5.75 Å². The molecule has 2 N–H and O–H groups in total. The molecule has 2 rings (SSSR count). The average Bonchev–Trinajstić information content (AvgIpc) is 2.53. The van der Waals surface area contributed by atoms with Crippen LogP contribution in [0.1, 0.15) is 24.4 Å². The predicted octanol–water partition coefficient (Wildman–Crippen LogP) is 1.86. The summed E-state index contributed by atoms with van der Waals surface area (Å²) >= 11 is 0. The van der Waals surface area contributed by atoms with Gasteiger partial charge in [0.2, 0.25) is 11.9 Å². The van der Waals surface area contributed by atoms with Gasteiger partial charge in [0, 0.05) is 20.6 Å². The first-order chi connectivity index (χ1) is 11.3.